The molecule has 0 aliphatic carbocycles. The van der Waals surface area contributed by atoms with Crippen molar-refractivity contribution in [2.45, 2.75) is 26.3 Å². The molecule has 5 nitrogen and oxygen atoms in total. The maximum atomic E-state index is 11.8. The zero-order valence-electron chi connectivity index (χ0n) is 12.2. The van der Waals surface area contributed by atoms with Gasteiger partial charge in [-0.2, -0.15) is 0 Å². The van der Waals surface area contributed by atoms with Gasteiger partial charge in [-0.15, -0.1) is 0 Å². The number of anilines is 1. The molecule has 0 aliphatic rings. The van der Waals surface area contributed by atoms with Crippen LogP contribution in [-0.4, -0.2) is 32.2 Å². The number of rotatable bonds is 5. The number of hydrogen-bond donors (Lipinski definition) is 2. The molecule has 0 heterocycles. The van der Waals surface area contributed by atoms with Gasteiger partial charge in [-0.25, -0.2) is 0 Å². The highest BCUT2D eigenvalue weighted by Crippen LogP contribution is 2.29. The molecule has 0 spiro atoms. The number of carbonyl (C=O) groups excluding carboxylic acids is 1. The lowest BCUT2D eigenvalue weighted by Crippen LogP contribution is -2.95. The van der Waals surface area contributed by atoms with Crippen molar-refractivity contribution < 1.29 is 19.6 Å². The third-order valence-electron chi connectivity index (χ3n) is 2.57. The molecule has 106 valence electrons. The standard InChI is InChI=1S/C14H22N2O3/c1-14(2,3)15-9-13(17)16-10-6-7-11(18-4)12(8-10)19-5/h6-8,15H,9H2,1-5H3,(H,16,17)/p+1. The van der Waals surface area contributed by atoms with Gasteiger partial charge < -0.3 is 20.1 Å². The second-order valence-corrected chi connectivity index (χ2v) is 5.39. The molecular weight excluding hydrogens is 244 g/mol. The van der Waals surface area contributed by atoms with Crippen molar-refractivity contribution in [3.8, 4) is 11.5 Å². The van der Waals surface area contributed by atoms with Crippen LogP contribution in [0, 0.1) is 0 Å². The van der Waals surface area contributed by atoms with Gasteiger partial charge >= 0.3 is 0 Å². The lowest BCUT2D eigenvalue weighted by atomic mass is 10.1. The fourth-order valence-electron chi connectivity index (χ4n) is 1.52. The summed E-state index contributed by atoms with van der Waals surface area (Å²) in [6.45, 7) is 6.59. The Kier molecular flexibility index (Phi) is 5.18. The minimum atomic E-state index is -0.0397. The number of carbonyl (C=O) groups is 1. The minimum absolute atomic E-state index is 0.0366. The quantitative estimate of drug-likeness (QED) is 0.836. The van der Waals surface area contributed by atoms with Crippen LogP contribution in [0.5, 0.6) is 11.5 Å². The molecule has 1 amide bonds. The van der Waals surface area contributed by atoms with Crippen molar-refractivity contribution >= 4 is 11.6 Å². The average Bonchev–Trinajstić information content (AvgIpc) is 2.35. The van der Waals surface area contributed by atoms with Crippen LogP contribution in [-0.2, 0) is 4.79 Å². The molecule has 0 radical (unpaired) electrons. The average molecular weight is 267 g/mol. The Morgan fingerprint density at radius 1 is 1.21 bits per heavy atom. The van der Waals surface area contributed by atoms with Crippen LogP contribution < -0.4 is 20.1 Å². The van der Waals surface area contributed by atoms with Gasteiger partial charge in [0.15, 0.2) is 18.0 Å². The smallest absolute Gasteiger partial charge is 0.279 e. The summed E-state index contributed by atoms with van der Waals surface area (Å²) in [4.78, 5) is 11.8. The van der Waals surface area contributed by atoms with Gasteiger partial charge in [0, 0.05) is 11.8 Å². The van der Waals surface area contributed by atoms with Crippen molar-refractivity contribution in [2.24, 2.45) is 0 Å². The van der Waals surface area contributed by atoms with Crippen LogP contribution in [0.4, 0.5) is 5.69 Å². The zero-order chi connectivity index (χ0) is 14.5. The number of methoxy groups -OCH3 is 2. The number of quaternary nitrogens is 1. The highest BCUT2D eigenvalue weighted by Gasteiger charge is 2.15. The molecule has 3 N–H and O–H groups in total. The van der Waals surface area contributed by atoms with Gasteiger partial charge in [0.1, 0.15) is 0 Å². The summed E-state index contributed by atoms with van der Waals surface area (Å²) < 4.78 is 10.3. The Morgan fingerprint density at radius 2 is 1.84 bits per heavy atom. The van der Waals surface area contributed by atoms with Crippen LogP contribution in [0.3, 0.4) is 0 Å². The Bertz CT molecular complexity index is 439. The summed E-state index contributed by atoms with van der Waals surface area (Å²) in [5, 5.41) is 4.82. The van der Waals surface area contributed by atoms with Crippen molar-refractivity contribution in [1.29, 1.82) is 0 Å². The van der Waals surface area contributed by atoms with E-state index in [9.17, 15) is 4.79 Å². The highest BCUT2D eigenvalue weighted by atomic mass is 16.5. The molecule has 1 rings (SSSR count). The van der Waals surface area contributed by atoms with E-state index in [2.05, 4.69) is 26.1 Å². The second-order valence-electron chi connectivity index (χ2n) is 5.39. The number of benzene rings is 1. The lowest BCUT2D eigenvalue weighted by Gasteiger charge is -2.16. The van der Waals surface area contributed by atoms with E-state index in [4.69, 9.17) is 9.47 Å². The molecular formula is C14H23N2O3+. The van der Waals surface area contributed by atoms with E-state index in [0.717, 1.165) is 0 Å². The third kappa shape index (κ3) is 5.18. The number of ether oxygens (including phenoxy) is 2. The molecule has 0 unspecified atom stereocenters. The molecule has 5 heteroatoms. The van der Waals surface area contributed by atoms with E-state index in [1.54, 1.807) is 32.4 Å². The topological polar surface area (TPSA) is 64.2 Å². The van der Waals surface area contributed by atoms with Crippen molar-refractivity contribution in [2.75, 3.05) is 26.1 Å². The molecule has 0 aromatic heterocycles. The molecule has 0 bridgehead atoms. The number of amides is 1. The zero-order valence-corrected chi connectivity index (χ0v) is 12.2. The lowest BCUT2D eigenvalue weighted by molar-refractivity contribution is -0.707. The first-order valence-corrected chi connectivity index (χ1v) is 6.22. The van der Waals surface area contributed by atoms with Crippen molar-refractivity contribution in [3.63, 3.8) is 0 Å². The van der Waals surface area contributed by atoms with E-state index in [-0.39, 0.29) is 11.4 Å². The van der Waals surface area contributed by atoms with Gasteiger partial charge in [0.2, 0.25) is 0 Å². The largest absolute Gasteiger partial charge is 0.493 e. The molecule has 0 saturated heterocycles. The van der Waals surface area contributed by atoms with E-state index < -0.39 is 0 Å². The van der Waals surface area contributed by atoms with Gasteiger partial charge in [-0.1, -0.05) is 0 Å². The van der Waals surface area contributed by atoms with Crippen LogP contribution in [0.2, 0.25) is 0 Å². The van der Waals surface area contributed by atoms with Gasteiger partial charge in [-0.05, 0) is 32.9 Å². The van der Waals surface area contributed by atoms with E-state index >= 15 is 0 Å². The summed E-state index contributed by atoms with van der Waals surface area (Å²) in [5.41, 5.74) is 0.736. The molecule has 0 fully saturated rings. The van der Waals surface area contributed by atoms with Crippen LogP contribution in [0.1, 0.15) is 20.8 Å². The summed E-state index contributed by atoms with van der Waals surface area (Å²) in [7, 11) is 3.14. The summed E-state index contributed by atoms with van der Waals surface area (Å²) in [5.74, 6) is 1.20. The fourth-order valence-corrected chi connectivity index (χ4v) is 1.52. The van der Waals surface area contributed by atoms with E-state index in [1.165, 1.54) is 0 Å². The SMILES string of the molecule is COc1ccc(NC(=O)C[NH2+]C(C)(C)C)cc1OC. The first-order chi connectivity index (χ1) is 8.85. The van der Waals surface area contributed by atoms with Gasteiger partial charge in [-0.3, -0.25) is 4.79 Å². The number of nitrogens with two attached hydrogens (primary N) is 1. The number of nitrogens with one attached hydrogen (secondary N) is 1. The molecule has 0 saturated carbocycles. The van der Waals surface area contributed by atoms with Crippen molar-refractivity contribution in [3.05, 3.63) is 18.2 Å². The number of hydrogen-bond acceptors (Lipinski definition) is 3. The first kappa shape index (κ1) is 15.3. The van der Waals surface area contributed by atoms with Crippen LogP contribution >= 0.6 is 0 Å². The van der Waals surface area contributed by atoms with Crippen molar-refractivity contribution in [1.82, 2.24) is 0 Å². The minimum Gasteiger partial charge on any atom is -0.493 e. The molecule has 19 heavy (non-hydrogen) atoms. The van der Waals surface area contributed by atoms with Gasteiger partial charge in [0.05, 0.1) is 19.8 Å². The monoisotopic (exact) mass is 267 g/mol. The molecule has 0 atom stereocenters. The summed E-state index contributed by atoms with van der Waals surface area (Å²) in [6, 6.07) is 5.30. The molecule has 1 aromatic carbocycles. The summed E-state index contributed by atoms with van der Waals surface area (Å²) in [6.07, 6.45) is 0. The molecule has 1 aromatic rings. The predicted octanol–water partition coefficient (Wildman–Crippen LogP) is 1.00. The Labute approximate surface area is 114 Å². The highest BCUT2D eigenvalue weighted by molar-refractivity contribution is 5.91. The van der Waals surface area contributed by atoms with E-state index in [1.807, 2.05) is 5.32 Å². The first-order valence-electron chi connectivity index (χ1n) is 6.22. The Hall–Kier alpha value is -1.75. The van der Waals surface area contributed by atoms with Crippen LogP contribution in [0.15, 0.2) is 18.2 Å². The Morgan fingerprint density at radius 3 is 2.37 bits per heavy atom. The predicted molar refractivity (Wildman–Crippen MR) is 74.7 cm³/mol. The molecule has 0 aliphatic heterocycles. The van der Waals surface area contributed by atoms with E-state index in [0.29, 0.717) is 23.7 Å². The van der Waals surface area contributed by atoms with Crippen LogP contribution in [0.25, 0.3) is 0 Å². The normalized spacial score (nSPS) is 11.0. The maximum absolute atomic E-state index is 11.8. The third-order valence-corrected chi connectivity index (χ3v) is 2.57. The summed E-state index contributed by atoms with van der Waals surface area (Å²) >= 11 is 0. The fraction of sp³-hybridized carbons (Fsp3) is 0.500. The maximum Gasteiger partial charge on any atom is 0.279 e. The second kappa shape index (κ2) is 6.43. The Balaban J connectivity index is 2.64. The van der Waals surface area contributed by atoms with Gasteiger partial charge in [0.25, 0.3) is 5.91 Å².